The third kappa shape index (κ3) is 6.60. The molecular formula is C10H18NO3. The molecule has 0 amide bonds. The zero-order valence-electron chi connectivity index (χ0n) is 8.37. The van der Waals surface area contributed by atoms with Crippen molar-refractivity contribution in [3.8, 4) is 0 Å². The first kappa shape index (κ1) is 13.1. The standard InChI is InChI=1S/C10H18NO3/c1-2-3-4-5-9(12)8(11)6-7-10(13)14/h8H,1-7,11H2,(H,13,14)/t8-/m0/s1. The molecule has 0 aromatic carbocycles. The largest absolute Gasteiger partial charge is 0.481 e. The number of carbonyl (C=O) groups is 2. The first-order valence-corrected chi connectivity index (χ1v) is 4.87. The highest BCUT2D eigenvalue weighted by atomic mass is 16.4. The molecule has 4 heteroatoms. The van der Waals surface area contributed by atoms with Gasteiger partial charge in [0.2, 0.25) is 0 Å². The third-order valence-electron chi connectivity index (χ3n) is 2.01. The lowest BCUT2D eigenvalue weighted by Crippen LogP contribution is -2.30. The Balaban J connectivity index is 3.59. The minimum atomic E-state index is -0.911. The number of nitrogens with two attached hydrogens (primary N) is 1. The highest BCUT2D eigenvalue weighted by molar-refractivity contribution is 5.84. The van der Waals surface area contributed by atoms with Crippen molar-refractivity contribution in [3.05, 3.63) is 6.92 Å². The van der Waals surface area contributed by atoms with E-state index in [1.54, 1.807) is 0 Å². The quantitative estimate of drug-likeness (QED) is 0.576. The molecule has 0 bridgehead atoms. The van der Waals surface area contributed by atoms with E-state index in [9.17, 15) is 9.59 Å². The van der Waals surface area contributed by atoms with E-state index in [4.69, 9.17) is 10.8 Å². The SMILES string of the molecule is [CH2]CCCCC(=O)[C@@H](N)CCC(=O)O. The molecule has 1 atom stereocenters. The maximum absolute atomic E-state index is 11.3. The zero-order valence-corrected chi connectivity index (χ0v) is 8.37. The van der Waals surface area contributed by atoms with E-state index in [1.807, 2.05) is 0 Å². The molecule has 81 valence electrons. The van der Waals surface area contributed by atoms with Crippen LogP contribution in [0.15, 0.2) is 0 Å². The van der Waals surface area contributed by atoms with Gasteiger partial charge in [-0.25, -0.2) is 0 Å². The number of unbranched alkanes of at least 4 members (excludes halogenated alkanes) is 2. The Kier molecular flexibility index (Phi) is 7.02. The summed E-state index contributed by atoms with van der Waals surface area (Å²) in [6, 6.07) is -0.615. The predicted octanol–water partition coefficient (Wildman–Crippen LogP) is 1.14. The molecule has 0 spiro atoms. The highest BCUT2D eigenvalue weighted by Crippen LogP contribution is 2.04. The van der Waals surface area contributed by atoms with Crippen molar-refractivity contribution in [3.63, 3.8) is 0 Å². The van der Waals surface area contributed by atoms with Crippen LogP contribution in [0, 0.1) is 6.92 Å². The lowest BCUT2D eigenvalue weighted by Gasteiger charge is -2.08. The molecule has 0 aromatic rings. The maximum atomic E-state index is 11.3. The van der Waals surface area contributed by atoms with Crippen LogP contribution in [0.1, 0.15) is 38.5 Å². The molecule has 4 nitrogen and oxygen atoms in total. The molecule has 0 rings (SSSR count). The molecular weight excluding hydrogens is 182 g/mol. The first-order valence-electron chi connectivity index (χ1n) is 4.87. The lowest BCUT2D eigenvalue weighted by molar-refractivity contribution is -0.137. The van der Waals surface area contributed by atoms with Crippen LogP contribution >= 0.6 is 0 Å². The first-order chi connectivity index (χ1) is 6.57. The Morgan fingerprint density at radius 1 is 1.29 bits per heavy atom. The van der Waals surface area contributed by atoms with Gasteiger partial charge in [-0.15, -0.1) is 0 Å². The fourth-order valence-electron chi connectivity index (χ4n) is 1.10. The van der Waals surface area contributed by atoms with Crippen LogP contribution in [0.3, 0.4) is 0 Å². The number of carboxylic acids is 1. The average molecular weight is 200 g/mol. The van der Waals surface area contributed by atoms with Crippen LogP contribution in [0.25, 0.3) is 0 Å². The second kappa shape index (κ2) is 7.50. The number of carbonyl (C=O) groups excluding carboxylic acids is 1. The van der Waals surface area contributed by atoms with E-state index in [-0.39, 0.29) is 18.6 Å². The predicted molar refractivity (Wildman–Crippen MR) is 53.7 cm³/mol. The third-order valence-corrected chi connectivity index (χ3v) is 2.01. The Morgan fingerprint density at radius 3 is 2.43 bits per heavy atom. The summed E-state index contributed by atoms with van der Waals surface area (Å²) in [7, 11) is 0. The van der Waals surface area contributed by atoms with Crippen molar-refractivity contribution < 1.29 is 14.7 Å². The van der Waals surface area contributed by atoms with Gasteiger partial charge in [0, 0.05) is 12.8 Å². The summed E-state index contributed by atoms with van der Waals surface area (Å²) in [6.45, 7) is 3.67. The van der Waals surface area contributed by atoms with E-state index < -0.39 is 12.0 Å². The molecule has 0 fully saturated rings. The molecule has 0 aliphatic carbocycles. The molecule has 14 heavy (non-hydrogen) atoms. The van der Waals surface area contributed by atoms with Gasteiger partial charge in [0.1, 0.15) is 5.78 Å². The fourth-order valence-corrected chi connectivity index (χ4v) is 1.10. The van der Waals surface area contributed by atoms with Crippen LogP contribution in [0.4, 0.5) is 0 Å². The van der Waals surface area contributed by atoms with Crippen LogP contribution in [-0.4, -0.2) is 22.9 Å². The van der Waals surface area contributed by atoms with Gasteiger partial charge in [0.15, 0.2) is 0 Å². The number of ketones is 1. The summed E-state index contributed by atoms with van der Waals surface area (Å²) in [5.41, 5.74) is 5.52. The Morgan fingerprint density at radius 2 is 1.93 bits per heavy atom. The van der Waals surface area contributed by atoms with Crippen molar-refractivity contribution in [2.75, 3.05) is 0 Å². The normalized spacial score (nSPS) is 12.4. The molecule has 3 N–H and O–H groups in total. The second-order valence-corrected chi connectivity index (χ2v) is 3.32. The number of hydrogen-bond acceptors (Lipinski definition) is 3. The van der Waals surface area contributed by atoms with E-state index >= 15 is 0 Å². The molecule has 0 aliphatic rings. The van der Waals surface area contributed by atoms with E-state index in [0.29, 0.717) is 6.42 Å². The van der Waals surface area contributed by atoms with Crippen molar-refractivity contribution in [1.29, 1.82) is 0 Å². The molecule has 0 aliphatic heterocycles. The van der Waals surface area contributed by atoms with Gasteiger partial charge in [0.05, 0.1) is 6.04 Å². The highest BCUT2D eigenvalue weighted by Gasteiger charge is 2.13. The van der Waals surface area contributed by atoms with Gasteiger partial charge in [0.25, 0.3) is 0 Å². The molecule has 0 saturated heterocycles. The minimum Gasteiger partial charge on any atom is -0.481 e. The molecule has 0 aromatic heterocycles. The van der Waals surface area contributed by atoms with Crippen LogP contribution in [0.2, 0.25) is 0 Å². The average Bonchev–Trinajstić information content (AvgIpc) is 2.14. The van der Waals surface area contributed by atoms with Crippen molar-refractivity contribution in [2.24, 2.45) is 5.73 Å². The fraction of sp³-hybridized carbons (Fsp3) is 0.700. The Labute approximate surface area is 84.5 Å². The monoisotopic (exact) mass is 200 g/mol. The molecule has 1 radical (unpaired) electrons. The maximum Gasteiger partial charge on any atom is 0.303 e. The Hall–Kier alpha value is -0.900. The van der Waals surface area contributed by atoms with Crippen LogP contribution < -0.4 is 5.73 Å². The van der Waals surface area contributed by atoms with Crippen LogP contribution in [0.5, 0.6) is 0 Å². The molecule has 0 heterocycles. The van der Waals surface area contributed by atoms with Crippen LogP contribution in [-0.2, 0) is 9.59 Å². The van der Waals surface area contributed by atoms with E-state index in [0.717, 1.165) is 19.3 Å². The van der Waals surface area contributed by atoms with Gasteiger partial charge in [-0.2, -0.15) is 0 Å². The van der Waals surface area contributed by atoms with Gasteiger partial charge in [-0.05, 0) is 12.8 Å². The molecule has 0 unspecified atom stereocenters. The van der Waals surface area contributed by atoms with E-state index in [1.165, 1.54) is 0 Å². The molecule has 0 saturated carbocycles. The summed E-state index contributed by atoms with van der Waals surface area (Å²) in [5, 5.41) is 8.38. The summed E-state index contributed by atoms with van der Waals surface area (Å²) in [5.74, 6) is -0.953. The summed E-state index contributed by atoms with van der Waals surface area (Å²) in [4.78, 5) is 21.5. The van der Waals surface area contributed by atoms with Crippen molar-refractivity contribution >= 4 is 11.8 Å². The van der Waals surface area contributed by atoms with E-state index in [2.05, 4.69) is 6.92 Å². The van der Waals surface area contributed by atoms with Gasteiger partial charge in [-0.3, -0.25) is 9.59 Å². The van der Waals surface area contributed by atoms with Crippen molar-refractivity contribution in [1.82, 2.24) is 0 Å². The zero-order chi connectivity index (χ0) is 11.0. The van der Waals surface area contributed by atoms with Gasteiger partial charge < -0.3 is 10.8 Å². The van der Waals surface area contributed by atoms with Gasteiger partial charge >= 0.3 is 5.97 Å². The van der Waals surface area contributed by atoms with Crippen molar-refractivity contribution in [2.45, 2.75) is 44.6 Å². The topological polar surface area (TPSA) is 80.4 Å². The second-order valence-electron chi connectivity index (χ2n) is 3.32. The number of aliphatic carboxylic acids is 1. The summed E-state index contributed by atoms with van der Waals surface area (Å²) < 4.78 is 0. The number of Topliss-reactive ketones (excluding diaryl/α,β-unsaturated/α-hetero) is 1. The van der Waals surface area contributed by atoms with Gasteiger partial charge in [-0.1, -0.05) is 19.8 Å². The smallest absolute Gasteiger partial charge is 0.303 e. The lowest BCUT2D eigenvalue weighted by atomic mass is 10.0. The summed E-state index contributed by atoms with van der Waals surface area (Å²) in [6.07, 6.45) is 3.16. The Bertz CT molecular complexity index is 192. The summed E-state index contributed by atoms with van der Waals surface area (Å²) >= 11 is 0. The number of carboxylic acid groups (broad SMARTS) is 1. The number of hydrogen-bond donors (Lipinski definition) is 2. The number of rotatable bonds is 8. The minimum absolute atomic E-state index is 0.0394.